The standard InChI is InChI=1S/C19H14ClN3O3S/c1-10(24)21-13-3-4-14-11(6-18(25)26-17(14)8-13)9-27-19-22-15-5-2-12(20)7-16(15)23-19/h2-8H,9H2,1H3,(H,21,24)(H,22,23). The molecule has 4 rings (SSSR count). The molecule has 2 N–H and O–H groups in total. The topological polar surface area (TPSA) is 88.0 Å². The van der Waals surface area contributed by atoms with Crippen LogP contribution in [-0.2, 0) is 10.5 Å². The Balaban J connectivity index is 1.64. The molecule has 1 amide bonds. The first-order valence-electron chi connectivity index (χ1n) is 8.10. The summed E-state index contributed by atoms with van der Waals surface area (Å²) < 4.78 is 5.28. The minimum Gasteiger partial charge on any atom is -0.423 e. The van der Waals surface area contributed by atoms with E-state index in [0.29, 0.717) is 22.0 Å². The molecule has 0 saturated carbocycles. The summed E-state index contributed by atoms with van der Waals surface area (Å²) in [6.07, 6.45) is 0. The van der Waals surface area contributed by atoms with Gasteiger partial charge >= 0.3 is 5.63 Å². The van der Waals surface area contributed by atoms with E-state index in [1.807, 2.05) is 18.2 Å². The van der Waals surface area contributed by atoms with Crippen LogP contribution in [0.4, 0.5) is 5.69 Å². The SMILES string of the molecule is CC(=O)Nc1ccc2c(CSc3nc4ccc(Cl)cc4[nH]3)cc(=O)oc2c1. The van der Waals surface area contributed by atoms with Crippen molar-refractivity contribution in [2.45, 2.75) is 17.8 Å². The average molecular weight is 400 g/mol. The number of rotatable bonds is 4. The van der Waals surface area contributed by atoms with Crippen molar-refractivity contribution in [1.82, 2.24) is 9.97 Å². The molecular formula is C19H14ClN3O3S. The summed E-state index contributed by atoms with van der Waals surface area (Å²) >= 11 is 7.49. The number of nitrogens with one attached hydrogen (secondary N) is 2. The van der Waals surface area contributed by atoms with E-state index in [1.165, 1.54) is 24.8 Å². The van der Waals surface area contributed by atoms with Crippen LogP contribution in [0.15, 0.2) is 56.8 Å². The Labute approximate surface area is 162 Å². The van der Waals surface area contributed by atoms with E-state index in [1.54, 1.807) is 18.2 Å². The minimum atomic E-state index is -0.436. The average Bonchev–Trinajstić information content (AvgIpc) is 3.00. The maximum absolute atomic E-state index is 11.9. The molecule has 0 bridgehead atoms. The number of halogens is 1. The summed E-state index contributed by atoms with van der Waals surface area (Å²) in [5.74, 6) is 0.350. The number of H-pyrrole nitrogens is 1. The molecule has 2 aromatic carbocycles. The first-order chi connectivity index (χ1) is 13.0. The Morgan fingerprint density at radius 1 is 1.26 bits per heavy atom. The zero-order valence-corrected chi connectivity index (χ0v) is 15.8. The molecule has 2 heterocycles. The summed E-state index contributed by atoms with van der Waals surface area (Å²) in [5, 5.41) is 4.88. The predicted octanol–water partition coefficient (Wildman–Crippen LogP) is 4.57. The van der Waals surface area contributed by atoms with Crippen molar-refractivity contribution in [1.29, 1.82) is 0 Å². The number of amides is 1. The number of thioether (sulfide) groups is 1. The minimum absolute atomic E-state index is 0.187. The number of anilines is 1. The summed E-state index contributed by atoms with van der Waals surface area (Å²) in [7, 11) is 0. The third-order valence-electron chi connectivity index (χ3n) is 3.94. The highest BCUT2D eigenvalue weighted by atomic mass is 35.5. The van der Waals surface area contributed by atoms with Crippen LogP contribution in [0.3, 0.4) is 0 Å². The van der Waals surface area contributed by atoms with Gasteiger partial charge in [-0.15, -0.1) is 0 Å². The van der Waals surface area contributed by atoms with Gasteiger partial charge in [0.1, 0.15) is 5.58 Å². The highest BCUT2D eigenvalue weighted by Crippen LogP contribution is 2.28. The molecule has 0 aliphatic carbocycles. The van der Waals surface area contributed by atoms with Crippen LogP contribution in [0.25, 0.3) is 22.0 Å². The third-order valence-corrected chi connectivity index (χ3v) is 5.09. The van der Waals surface area contributed by atoms with E-state index in [2.05, 4.69) is 15.3 Å². The Kier molecular flexibility index (Phi) is 4.63. The number of aromatic nitrogens is 2. The Hall–Kier alpha value is -2.77. The van der Waals surface area contributed by atoms with Gasteiger partial charge in [0.25, 0.3) is 0 Å². The normalized spacial score (nSPS) is 11.2. The number of carbonyl (C=O) groups is 1. The quantitative estimate of drug-likeness (QED) is 0.387. The molecule has 0 spiro atoms. The van der Waals surface area contributed by atoms with Crippen LogP contribution in [0.5, 0.6) is 0 Å². The van der Waals surface area contributed by atoms with Gasteiger partial charge in [-0.25, -0.2) is 9.78 Å². The number of imidazole rings is 1. The Bertz CT molecular complexity index is 1230. The molecule has 0 atom stereocenters. The molecule has 136 valence electrons. The van der Waals surface area contributed by atoms with Gasteiger partial charge in [0.15, 0.2) is 5.16 Å². The fraction of sp³-hybridized carbons (Fsp3) is 0.105. The molecule has 0 saturated heterocycles. The molecular weight excluding hydrogens is 386 g/mol. The molecule has 27 heavy (non-hydrogen) atoms. The van der Waals surface area contributed by atoms with E-state index in [0.717, 1.165) is 27.1 Å². The second-order valence-corrected chi connectivity index (χ2v) is 7.38. The number of hydrogen-bond donors (Lipinski definition) is 2. The van der Waals surface area contributed by atoms with Crippen molar-refractivity contribution >= 4 is 57.0 Å². The van der Waals surface area contributed by atoms with Gasteiger partial charge in [0.2, 0.25) is 5.91 Å². The van der Waals surface area contributed by atoms with Gasteiger partial charge in [0, 0.05) is 40.9 Å². The fourth-order valence-electron chi connectivity index (χ4n) is 2.80. The molecule has 0 aliphatic rings. The van der Waals surface area contributed by atoms with E-state index in [9.17, 15) is 9.59 Å². The van der Waals surface area contributed by atoms with E-state index in [-0.39, 0.29) is 5.91 Å². The number of fused-ring (bicyclic) bond motifs is 2. The lowest BCUT2D eigenvalue weighted by Crippen LogP contribution is -2.06. The van der Waals surface area contributed by atoms with Crippen LogP contribution in [0.2, 0.25) is 5.02 Å². The van der Waals surface area contributed by atoms with Crippen LogP contribution >= 0.6 is 23.4 Å². The zero-order chi connectivity index (χ0) is 19.0. The number of benzene rings is 2. The van der Waals surface area contributed by atoms with Crippen molar-refractivity contribution in [3.05, 3.63) is 63.5 Å². The summed E-state index contributed by atoms with van der Waals surface area (Å²) in [6.45, 7) is 1.42. The number of hydrogen-bond acceptors (Lipinski definition) is 5. The predicted molar refractivity (Wildman–Crippen MR) is 107 cm³/mol. The van der Waals surface area contributed by atoms with Crippen molar-refractivity contribution in [3.63, 3.8) is 0 Å². The Morgan fingerprint density at radius 3 is 2.93 bits per heavy atom. The molecule has 4 aromatic rings. The molecule has 0 fully saturated rings. The summed E-state index contributed by atoms with van der Waals surface area (Å²) in [4.78, 5) is 30.9. The van der Waals surface area contributed by atoms with Gasteiger partial charge in [-0.05, 0) is 35.9 Å². The van der Waals surface area contributed by atoms with Gasteiger partial charge in [-0.2, -0.15) is 0 Å². The largest absolute Gasteiger partial charge is 0.423 e. The second kappa shape index (κ2) is 7.09. The molecule has 8 heteroatoms. The molecule has 6 nitrogen and oxygen atoms in total. The lowest BCUT2D eigenvalue weighted by molar-refractivity contribution is -0.114. The van der Waals surface area contributed by atoms with Crippen molar-refractivity contribution in [3.8, 4) is 0 Å². The van der Waals surface area contributed by atoms with Gasteiger partial charge in [0.05, 0.1) is 11.0 Å². The highest BCUT2D eigenvalue weighted by molar-refractivity contribution is 7.98. The van der Waals surface area contributed by atoms with Gasteiger partial charge in [-0.3, -0.25) is 4.79 Å². The zero-order valence-electron chi connectivity index (χ0n) is 14.2. The third kappa shape index (κ3) is 3.84. The van der Waals surface area contributed by atoms with E-state index in [4.69, 9.17) is 16.0 Å². The second-order valence-electron chi connectivity index (χ2n) is 5.97. The maximum atomic E-state index is 11.9. The van der Waals surface area contributed by atoms with Crippen LogP contribution < -0.4 is 10.9 Å². The summed E-state index contributed by atoms with van der Waals surface area (Å²) in [5.41, 5.74) is 3.10. The monoisotopic (exact) mass is 399 g/mol. The maximum Gasteiger partial charge on any atom is 0.336 e. The van der Waals surface area contributed by atoms with E-state index < -0.39 is 5.63 Å². The highest BCUT2D eigenvalue weighted by Gasteiger charge is 2.10. The number of nitrogens with zero attached hydrogens (tertiary/aromatic N) is 1. The molecule has 0 aliphatic heterocycles. The molecule has 0 unspecified atom stereocenters. The molecule has 0 radical (unpaired) electrons. The lowest BCUT2D eigenvalue weighted by atomic mass is 10.1. The van der Waals surface area contributed by atoms with Crippen molar-refractivity contribution < 1.29 is 9.21 Å². The number of carbonyl (C=O) groups excluding carboxylic acids is 1. The van der Waals surface area contributed by atoms with Gasteiger partial charge < -0.3 is 14.7 Å². The molecule has 2 aromatic heterocycles. The summed E-state index contributed by atoms with van der Waals surface area (Å²) in [6, 6.07) is 12.2. The van der Waals surface area contributed by atoms with Crippen LogP contribution in [0.1, 0.15) is 12.5 Å². The first-order valence-corrected chi connectivity index (χ1v) is 9.47. The van der Waals surface area contributed by atoms with Crippen LogP contribution in [0, 0.1) is 0 Å². The van der Waals surface area contributed by atoms with Crippen molar-refractivity contribution in [2.75, 3.05) is 5.32 Å². The smallest absolute Gasteiger partial charge is 0.336 e. The number of aromatic amines is 1. The van der Waals surface area contributed by atoms with E-state index >= 15 is 0 Å². The van der Waals surface area contributed by atoms with Crippen molar-refractivity contribution in [2.24, 2.45) is 0 Å². The van der Waals surface area contributed by atoms with Gasteiger partial charge in [-0.1, -0.05) is 23.4 Å². The fourth-order valence-corrected chi connectivity index (χ4v) is 3.85. The first kappa shape index (κ1) is 17.6. The van der Waals surface area contributed by atoms with Crippen LogP contribution in [-0.4, -0.2) is 15.9 Å². The Morgan fingerprint density at radius 2 is 2.11 bits per heavy atom. The lowest BCUT2D eigenvalue weighted by Gasteiger charge is -2.07.